The first-order chi connectivity index (χ1) is 10.4. The summed E-state index contributed by atoms with van der Waals surface area (Å²) in [5.41, 5.74) is 1.29. The molecular weight excluding hydrogens is 312 g/mol. The molecule has 5 heteroatoms. The second kappa shape index (κ2) is 6.05. The third kappa shape index (κ3) is 3.20. The van der Waals surface area contributed by atoms with Gasteiger partial charge in [0.1, 0.15) is 0 Å². The van der Waals surface area contributed by atoms with E-state index in [4.69, 9.17) is 0 Å². The molecule has 1 aliphatic rings. The molecule has 0 fully saturated rings. The summed E-state index contributed by atoms with van der Waals surface area (Å²) in [5.74, 6) is 0. The second-order valence-corrected chi connectivity index (χ2v) is 8.78. The molecular formula is C17H22N2OS2. The Morgan fingerprint density at radius 2 is 2.09 bits per heavy atom. The van der Waals surface area contributed by atoms with Gasteiger partial charge in [-0.3, -0.25) is 0 Å². The highest BCUT2D eigenvalue weighted by Crippen LogP contribution is 2.35. The number of fused-ring (bicyclic) bond motifs is 1. The van der Waals surface area contributed by atoms with E-state index in [1.54, 1.807) is 22.7 Å². The predicted molar refractivity (Wildman–Crippen MR) is 93.5 cm³/mol. The number of carbonyl (C=O) groups is 1. The zero-order chi connectivity index (χ0) is 15.7. The first-order valence-electron chi connectivity index (χ1n) is 7.59. The second-order valence-electron chi connectivity index (χ2n) is 6.80. The number of thiophene rings is 2. The third-order valence-corrected chi connectivity index (χ3v) is 6.02. The minimum Gasteiger partial charge on any atom is -0.330 e. The van der Waals surface area contributed by atoms with E-state index in [9.17, 15) is 4.79 Å². The Hall–Kier alpha value is -1.33. The third-order valence-electron chi connectivity index (χ3n) is 4.06. The molecule has 0 saturated carbocycles. The molecule has 1 N–H and O–H groups in total. The number of hydrogen-bond donors (Lipinski definition) is 1. The number of rotatable bonds is 2. The van der Waals surface area contributed by atoms with Crippen molar-refractivity contribution in [2.45, 2.75) is 39.8 Å². The van der Waals surface area contributed by atoms with Crippen molar-refractivity contribution in [3.8, 4) is 0 Å². The molecule has 0 unspecified atom stereocenters. The minimum atomic E-state index is -0.0101. The summed E-state index contributed by atoms with van der Waals surface area (Å²) >= 11 is 3.50. The average molecular weight is 335 g/mol. The van der Waals surface area contributed by atoms with Gasteiger partial charge in [0, 0.05) is 22.8 Å². The quantitative estimate of drug-likeness (QED) is 0.851. The van der Waals surface area contributed by atoms with Crippen LogP contribution in [0.3, 0.4) is 0 Å². The van der Waals surface area contributed by atoms with E-state index in [2.05, 4.69) is 49.0 Å². The van der Waals surface area contributed by atoms with Crippen LogP contribution in [0.2, 0.25) is 0 Å². The van der Waals surface area contributed by atoms with Gasteiger partial charge in [0.25, 0.3) is 0 Å². The van der Waals surface area contributed by atoms with Gasteiger partial charge in [-0.15, -0.1) is 22.7 Å². The van der Waals surface area contributed by atoms with E-state index < -0.39 is 0 Å². The Kier molecular flexibility index (Phi) is 4.28. The highest BCUT2D eigenvalue weighted by Gasteiger charge is 2.31. The average Bonchev–Trinajstić information content (AvgIpc) is 3.13. The molecule has 22 heavy (non-hydrogen) atoms. The summed E-state index contributed by atoms with van der Waals surface area (Å²) in [4.78, 5) is 17.3. The lowest BCUT2D eigenvalue weighted by atomic mass is 9.86. The van der Waals surface area contributed by atoms with Crippen molar-refractivity contribution in [3.63, 3.8) is 0 Å². The zero-order valence-electron chi connectivity index (χ0n) is 13.3. The highest BCUT2D eigenvalue weighted by molar-refractivity contribution is 7.10. The summed E-state index contributed by atoms with van der Waals surface area (Å²) < 4.78 is 0. The highest BCUT2D eigenvalue weighted by atomic mass is 32.1. The van der Waals surface area contributed by atoms with Crippen LogP contribution in [0.5, 0.6) is 0 Å². The smallest absolute Gasteiger partial charge is 0.318 e. The molecule has 0 saturated heterocycles. The number of carbonyl (C=O) groups excluding carboxylic acids is 1. The molecule has 3 rings (SSSR count). The fraction of sp³-hybridized carbons (Fsp3) is 0.471. The van der Waals surface area contributed by atoms with E-state index >= 15 is 0 Å². The molecule has 2 aromatic rings. The molecule has 0 spiro atoms. The van der Waals surface area contributed by atoms with Gasteiger partial charge in [0.2, 0.25) is 0 Å². The van der Waals surface area contributed by atoms with E-state index in [1.807, 2.05) is 11.0 Å². The van der Waals surface area contributed by atoms with E-state index in [0.29, 0.717) is 0 Å². The van der Waals surface area contributed by atoms with Crippen molar-refractivity contribution >= 4 is 28.7 Å². The maximum Gasteiger partial charge on any atom is 0.318 e. The Morgan fingerprint density at radius 3 is 2.77 bits per heavy atom. The molecule has 2 amide bonds. The van der Waals surface area contributed by atoms with Crippen LogP contribution < -0.4 is 5.32 Å². The SMILES string of the molecule is CC(C)(C)[C@@H](NC(=O)N1CCc2sccc2C1)c1cccs1. The minimum absolute atomic E-state index is 0.0101. The van der Waals surface area contributed by atoms with Crippen LogP contribution in [-0.2, 0) is 13.0 Å². The van der Waals surface area contributed by atoms with Crippen LogP contribution in [0.4, 0.5) is 4.79 Å². The molecule has 0 bridgehead atoms. The largest absolute Gasteiger partial charge is 0.330 e. The maximum absolute atomic E-state index is 12.7. The standard InChI is InChI=1S/C17H22N2OS2/c1-17(2,3)15(14-5-4-9-21-14)18-16(20)19-8-6-13-12(11-19)7-10-22-13/h4-5,7,9-10,15H,6,8,11H2,1-3H3,(H,18,20)/t15-/m0/s1. The van der Waals surface area contributed by atoms with Crippen LogP contribution in [0, 0.1) is 5.41 Å². The summed E-state index contributed by atoms with van der Waals surface area (Å²) in [7, 11) is 0. The Morgan fingerprint density at radius 1 is 1.27 bits per heavy atom. The molecule has 3 nitrogen and oxygen atoms in total. The van der Waals surface area contributed by atoms with Crippen LogP contribution in [0.1, 0.15) is 42.1 Å². The van der Waals surface area contributed by atoms with Gasteiger partial charge in [-0.2, -0.15) is 0 Å². The monoisotopic (exact) mass is 334 g/mol. The lowest BCUT2D eigenvalue weighted by Crippen LogP contribution is -2.46. The first kappa shape index (κ1) is 15.6. The summed E-state index contributed by atoms with van der Waals surface area (Å²) in [6.45, 7) is 8.05. The van der Waals surface area contributed by atoms with Crippen LogP contribution in [0.15, 0.2) is 29.0 Å². The molecule has 1 atom stereocenters. The van der Waals surface area contributed by atoms with Crippen molar-refractivity contribution in [1.29, 1.82) is 0 Å². The van der Waals surface area contributed by atoms with Gasteiger partial charge in [0.05, 0.1) is 6.04 Å². The fourth-order valence-electron chi connectivity index (χ4n) is 2.81. The van der Waals surface area contributed by atoms with Crippen molar-refractivity contribution in [1.82, 2.24) is 10.2 Å². The predicted octanol–water partition coefficient (Wildman–Crippen LogP) is 4.66. The maximum atomic E-state index is 12.7. The molecule has 0 aliphatic carbocycles. The molecule has 118 valence electrons. The topological polar surface area (TPSA) is 32.3 Å². The summed E-state index contributed by atoms with van der Waals surface area (Å²) in [5, 5.41) is 7.44. The summed E-state index contributed by atoms with van der Waals surface area (Å²) in [6.07, 6.45) is 0.972. The van der Waals surface area contributed by atoms with E-state index in [0.717, 1.165) is 19.5 Å². The van der Waals surface area contributed by atoms with Gasteiger partial charge < -0.3 is 10.2 Å². The Bertz CT molecular complexity index is 640. The Balaban J connectivity index is 1.72. The van der Waals surface area contributed by atoms with Crippen molar-refractivity contribution < 1.29 is 4.79 Å². The number of amides is 2. The van der Waals surface area contributed by atoms with Crippen molar-refractivity contribution in [2.75, 3.05) is 6.54 Å². The zero-order valence-corrected chi connectivity index (χ0v) is 14.9. The van der Waals surface area contributed by atoms with Gasteiger partial charge in [0.15, 0.2) is 0 Å². The van der Waals surface area contributed by atoms with Crippen LogP contribution >= 0.6 is 22.7 Å². The van der Waals surface area contributed by atoms with Crippen LogP contribution in [-0.4, -0.2) is 17.5 Å². The first-order valence-corrected chi connectivity index (χ1v) is 9.35. The number of nitrogens with one attached hydrogen (secondary N) is 1. The lowest BCUT2D eigenvalue weighted by molar-refractivity contribution is 0.176. The number of nitrogens with zero attached hydrogens (tertiary/aromatic N) is 1. The van der Waals surface area contributed by atoms with Crippen LogP contribution in [0.25, 0.3) is 0 Å². The fourth-order valence-corrected chi connectivity index (χ4v) is 4.72. The number of hydrogen-bond acceptors (Lipinski definition) is 3. The molecule has 3 heterocycles. The van der Waals surface area contributed by atoms with Gasteiger partial charge in [-0.05, 0) is 40.3 Å². The van der Waals surface area contributed by atoms with Gasteiger partial charge in [-0.25, -0.2) is 4.79 Å². The van der Waals surface area contributed by atoms with Crippen molar-refractivity contribution in [2.24, 2.45) is 5.41 Å². The molecule has 0 aromatic carbocycles. The molecule has 2 aromatic heterocycles. The number of urea groups is 1. The van der Waals surface area contributed by atoms with Gasteiger partial charge >= 0.3 is 6.03 Å². The van der Waals surface area contributed by atoms with Gasteiger partial charge in [-0.1, -0.05) is 26.8 Å². The lowest BCUT2D eigenvalue weighted by Gasteiger charge is -2.34. The van der Waals surface area contributed by atoms with Crippen molar-refractivity contribution in [3.05, 3.63) is 44.3 Å². The van der Waals surface area contributed by atoms with E-state index in [-0.39, 0.29) is 17.5 Å². The van der Waals surface area contributed by atoms with E-state index in [1.165, 1.54) is 15.3 Å². The normalized spacial score (nSPS) is 16.2. The molecule has 1 aliphatic heterocycles. The molecule has 0 radical (unpaired) electrons. The Labute approximate surface area is 140 Å². The summed E-state index contributed by atoms with van der Waals surface area (Å²) in [6, 6.07) is 6.38.